The zero-order valence-corrected chi connectivity index (χ0v) is 15.1. The second kappa shape index (κ2) is 8.41. The largest absolute Gasteiger partial charge is 0.466 e. The number of amides is 1. The van der Waals surface area contributed by atoms with Crippen molar-refractivity contribution in [2.75, 3.05) is 13.4 Å². The lowest BCUT2D eigenvalue weighted by Gasteiger charge is -2.11. The van der Waals surface area contributed by atoms with Gasteiger partial charge in [0.2, 0.25) is 0 Å². The number of thioether (sulfide) groups is 2. The van der Waals surface area contributed by atoms with Crippen molar-refractivity contribution < 1.29 is 27.5 Å². The summed E-state index contributed by atoms with van der Waals surface area (Å²) < 4.78 is 43.8. The molecule has 1 aromatic rings. The molecule has 1 saturated heterocycles. The topological polar surface area (TPSA) is 80.1 Å². The molecule has 11 heteroatoms. The molecule has 1 aromatic carbocycles. The third kappa shape index (κ3) is 5.11. The van der Waals surface area contributed by atoms with E-state index < -0.39 is 23.6 Å². The summed E-state index contributed by atoms with van der Waals surface area (Å²) in [5.41, 5.74) is -0.984. The molecule has 0 atom stereocenters. The highest BCUT2D eigenvalue weighted by atomic mass is 32.2. The maximum absolute atomic E-state index is 13.1. The van der Waals surface area contributed by atoms with Gasteiger partial charge in [-0.1, -0.05) is 6.07 Å². The highest BCUT2D eigenvalue weighted by molar-refractivity contribution is 8.18. The molecule has 6 nitrogen and oxygen atoms in total. The van der Waals surface area contributed by atoms with Crippen molar-refractivity contribution >= 4 is 46.8 Å². The lowest BCUT2D eigenvalue weighted by atomic mass is 10.1. The Morgan fingerprint density at radius 1 is 1.38 bits per heavy atom. The smallest absolute Gasteiger partial charge is 0.417 e. The van der Waals surface area contributed by atoms with Crippen LogP contribution in [0, 0.1) is 0 Å². The zero-order valence-electron chi connectivity index (χ0n) is 13.5. The first-order valence-corrected chi connectivity index (χ1v) is 8.94. The molecule has 1 aliphatic heterocycles. The van der Waals surface area contributed by atoms with Crippen molar-refractivity contribution in [1.82, 2.24) is 5.32 Å². The van der Waals surface area contributed by atoms with Crippen LogP contribution < -0.4 is 5.32 Å². The van der Waals surface area contributed by atoms with Gasteiger partial charge in [-0.15, -0.1) is 16.9 Å². The number of hydrogen-bond donors (Lipinski definition) is 1. The highest BCUT2D eigenvalue weighted by Gasteiger charge is 2.33. The molecular formula is C15H12F3N3O3S2. The van der Waals surface area contributed by atoms with Gasteiger partial charge in [-0.25, -0.2) is 4.79 Å². The number of carbonyl (C=O) groups excluding carboxylic acids is 2. The van der Waals surface area contributed by atoms with Crippen molar-refractivity contribution in [2.24, 2.45) is 10.2 Å². The van der Waals surface area contributed by atoms with Crippen LogP contribution in [-0.2, 0) is 20.5 Å². The summed E-state index contributed by atoms with van der Waals surface area (Å²) in [5.74, 6) is -1.29. The fourth-order valence-electron chi connectivity index (χ4n) is 1.81. The average molecular weight is 403 g/mol. The molecule has 1 N–H and O–H groups in total. The summed E-state index contributed by atoms with van der Waals surface area (Å²) in [5, 5.41) is 9.65. The number of amidine groups is 1. The number of nitrogens with one attached hydrogen (secondary N) is 1. The van der Waals surface area contributed by atoms with Gasteiger partial charge in [0.25, 0.3) is 5.91 Å². The van der Waals surface area contributed by atoms with E-state index in [0.717, 1.165) is 37.2 Å². The molecule has 1 heterocycles. The van der Waals surface area contributed by atoms with Crippen LogP contribution in [0.2, 0.25) is 0 Å². The van der Waals surface area contributed by atoms with Crippen molar-refractivity contribution in [2.45, 2.75) is 11.1 Å². The second-order valence-electron chi connectivity index (χ2n) is 4.69. The number of ether oxygens (including phenoxy) is 1. The first kappa shape index (κ1) is 20.0. The van der Waals surface area contributed by atoms with E-state index in [9.17, 15) is 22.8 Å². The Labute approximate surface area is 155 Å². The van der Waals surface area contributed by atoms with Crippen LogP contribution in [0.5, 0.6) is 0 Å². The number of carbonyl (C=O) groups is 2. The molecule has 0 aliphatic carbocycles. The summed E-state index contributed by atoms with van der Waals surface area (Å²) in [6, 6.07) is 3.86. The van der Waals surface area contributed by atoms with Gasteiger partial charge in [0, 0.05) is 16.5 Å². The first-order valence-electron chi connectivity index (χ1n) is 6.89. The first-order chi connectivity index (χ1) is 12.2. The SMILES string of the molecule is COC(=O)/C=C1/S/C(=N\N=Cc2ccc(SC)cc2C(F)(F)F)NC1=O. The zero-order chi connectivity index (χ0) is 19.3. The molecule has 0 aromatic heterocycles. The van der Waals surface area contributed by atoms with Crippen LogP contribution in [0.3, 0.4) is 0 Å². The van der Waals surface area contributed by atoms with Gasteiger partial charge in [0.05, 0.1) is 23.8 Å². The molecule has 0 spiro atoms. The van der Waals surface area contributed by atoms with Crippen LogP contribution in [0.25, 0.3) is 0 Å². The maximum Gasteiger partial charge on any atom is 0.417 e. The maximum atomic E-state index is 13.1. The predicted molar refractivity (Wildman–Crippen MR) is 94.1 cm³/mol. The van der Waals surface area contributed by atoms with Crippen molar-refractivity contribution in [3.63, 3.8) is 0 Å². The van der Waals surface area contributed by atoms with E-state index in [2.05, 4.69) is 20.3 Å². The third-order valence-electron chi connectivity index (χ3n) is 3.01. The minimum Gasteiger partial charge on any atom is -0.466 e. The number of nitrogens with zero attached hydrogens (tertiary/aromatic N) is 2. The molecule has 1 fully saturated rings. The molecule has 0 bridgehead atoms. The predicted octanol–water partition coefficient (Wildman–Crippen LogP) is 3.04. The molecule has 1 amide bonds. The monoisotopic (exact) mass is 403 g/mol. The van der Waals surface area contributed by atoms with Gasteiger partial charge < -0.3 is 4.74 Å². The van der Waals surface area contributed by atoms with Gasteiger partial charge in [-0.3, -0.25) is 10.1 Å². The minimum absolute atomic E-state index is 0.0377. The number of methoxy groups -OCH3 is 1. The molecule has 26 heavy (non-hydrogen) atoms. The summed E-state index contributed by atoms with van der Waals surface area (Å²) in [7, 11) is 1.16. The van der Waals surface area contributed by atoms with Gasteiger partial charge in [-0.2, -0.15) is 18.3 Å². The summed E-state index contributed by atoms with van der Waals surface area (Å²) in [6.07, 6.45) is -0.925. The van der Waals surface area contributed by atoms with Gasteiger partial charge in [0.15, 0.2) is 5.17 Å². The Bertz CT molecular complexity index is 820. The minimum atomic E-state index is -4.53. The molecule has 0 unspecified atom stereocenters. The Hall–Kier alpha value is -2.27. The normalized spacial score (nSPS) is 18.0. The quantitative estimate of drug-likeness (QED) is 0.275. The molecule has 138 valence electrons. The van der Waals surface area contributed by atoms with E-state index in [1.54, 1.807) is 6.26 Å². The van der Waals surface area contributed by atoms with Crippen molar-refractivity contribution in [1.29, 1.82) is 0 Å². The lowest BCUT2D eigenvalue weighted by molar-refractivity contribution is -0.138. The van der Waals surface area contributed by atoms with E-state index in [0.29, 0.717) is 4.90 Å². The number of hydrogen-bond acceptors (Lipinski definition) is 7. The Morgan fingerprint density at radius 2 is 2.12 bits per heavy atom. The number of alkyl halides is 3. The second-order valence-corrected chi connectivity index (χ2v) is 6.60. The van der Waals surface area contributed by atoms with Crippen LogP contribution >= 0.6 is 23.5 Å². The van der Waals surface area contributed by atoms with Gasteiger partial charge >= 0.3 is 12.1 Å². The van der Waals surface area contributed by atoms with E-state index in [1.165, 1.54) is 23.9 Å². The number of rotatable bonds is 4. The van der Waals surface area contributed by atoms with Crippen molar-refractivity contribution in [3.8, 4) is 0 Å². The molecular weight excluding hydrogens is 391 g/mol. The molecule has 0 radical (unpaired) electrons. The number of benzene rings is 1. The van der Waals surface area contributed by atoms with E-state index >= 15 is 0 Å². The average Bonchev–Trinajstić information content (AvgIpc) is 2.93. The Balaban J connectivity index is 2.21. The fourth-order valence-corrected chi connectivity index (χ4v) is 2.98. The molecule has 0 saturated carbocycles. The van der Waals surface area contributed by atoms with Crippen LogP contribution in [0.4, 0.5) is 13.2 Å². The van der Waals surface area contributed by atoms with Crippen LogP contribution in [-0.4, -0.2) is 36.6 Å². The van der Waals surface area contributed by atoms with Crippen molar-refractivity contribution in [3.05, 3.63) is 40.3 Å². The standard InChI is InChI=1S/C15H12F3N3O3S2/c1-24-12(22)6-11-13(23)20-14(26-11)21-19-7-8-3-4-9(25-2)5-10(8)15(16,17)18/h3-7H,1-2H3,(H,20,21,23)/b11-6+,19-7?. The number of halogens is 3. The van der Waals surface area contributed by atoms with Crippen LogP contribution in [0.1, 0.15) is 11.1 Å². The molecule has 1 aliphatic rings. The summed E-state index contributed by atoms with van der Waals surface area (Å²) in [4.78, 5) is 23.3. The number of esters is 1. The Morgan fingerprint density at radius 3 is 2.73 bits per heavy atom. The fraction of sp³-hybridized carbons (Fsp3) is 0.200. The Kier molecular flexibility index (Phi) is 6.48. The van der Waals surface area contributed by atoms with E-state index in [1.807, 2.05) is 0 Å². The lowest BCUT2D eigenvalue weighted by Crippen LogP contribution is -2.19. The van der Waals surface area contributed by atoms with Gasteiger partial charge in [-0.05, 0) is 30.2 Å². The highest BCUT2D eigenvalue weighted by Crippen LogP contribution is 2.34. The molecule has 2 rings (SSSR count). The summed E-state index contributed by atoms with van der Waals surface area (Å²) in [6.45, 7) is 0. The van der Waals surface area contributed by atoms with Crippen LogP contribution in [0.15, 0.2) is 44.3 Å². The summed E-state index contributed by atoms with van der Waals surface area (Å²) >= 11 is 2.02. The van der Waals surface area contributed by atoms with E-state index in [4.69, 9.17) is 0 Å². The van der Waals surface area contributed by atoms with E-state index in [-0.39, 0.29) is 15.6 Å². The third-order valence-corrected chi connectivity index (χ3v) is 4.64. The van der Waals surface area contributed by atoms with Gasteiger partial charge in [0.1, 0.15) is 0 Å².